The van der Waals surface area contributed by atoms with Crippen LogP contribution in [0, 0.1) is 5.41 Å². The number of amides is 1. The molecule has 1 amide bonds. The van der Waals surface area contributed by atoms with Gasteiger partial charge in [-0.05, 0) is 24.8 Å². The molecule has 10 heteroatoms. The number of benzene rings is 1. The van der Waals surface area contributed by atoms with Gasteiger partial charge in [-0.25, -0.2) is 13.1 Å². The fourth-order valence-electron chi connectivity index (χ4n) is 3.51. The van der Waals surface area contributed by atoms with E-state index in [9.17, 15) is 18.3 Å². The maximum absolute atomic E-state index is 12.8. The topological polar surface area (TPSA) is 149 Å². The average molecular weight is 452 g/mol. The summed E-state index contributed by atoms with van der Waals surface area (Å²) in [5.74, 6) is -0.209. The van der Waals surface area contributed by atoms with Gasteiger partial charge in [0.15, 0.2) is 0 Å². The van der Waals surface area contributed by atoms with Crippen LogP contribution in [0.3, 0.4) is 0 Å². The van der Waals surface area contributed by atoms with Gasteiger partial charge >= 0.3 is 0 Å². The first kappa shape index (κ1) is 24.8. The molecule has 1 heterocycles. The highest BCUT2D eigenvalue weighted by molar-refractivity contribution is 7.89. The molecule has 0 saturated carbocycles. The molecule has 0 aliphatic carbocycles. The lowest BCUT2D eigenvalue weighted by Crippen LogP contribution is -2.49. The molecule has 9 nitrogen and oxygen atoms in total. The molecule has 1 saturated heterocycles. The van der Waals surface area contributed by atoms with Crippen LogP contribution in [-0.2, 0) is 21.4 Å². The minimum absolute atomic E-state index is 0.0143. The van der Waals surface area contributed by atoms with E-state index in [4.69, 9.17) is 11.1 Å². The van der Waals surface area contributed by atoms with Crippen molar-refractivity contribution in [2.75, 3.05) is 18.9 Å². The third kappa shape index (κ3) is 7.05. The van der Waals surface area contributed by atoms with Crippen molar-refractivity contribution in [2.45, 2.75) is 51.2 Å². The molecule has 2 atom stereocenters. The lowest BCUT2D eigenvalue weighted by atomic mass is 10.1. The van der Waals surface area contributed by atoms with E-state index in [1.54, 1.807) is 29.2 Å². The fraction of sp³-hybridized carbons (Fsp3) is 0.524. The first-order valence-corrected chi connectivity index (χ1v) is 12.1. The molecule has 2 rings (SSSR count). The first-order valence-electron chi connectivity index (χ1n) is 10.5. The third-order valence-corrected chi connectivity index (χ3v) is 6.80. The number of nitrogen functional groups attached to an aromatic ring is 1. The van der Waals surface area contributed by atoms with Crippen LogP contribution in [0.15, 0.2) is 36.5 Å². The van der Waals surface area contributed by atoms with Crippen LogP contribution < -0.4 is 15.8 Å². The number of rotatable bonds is 12. The van der Waals surface area contributed by atoms with Crippen LogP contribution in [-0.4, -0.2) is 61.2 Å². The SMILES string of the molecule is C=C([C@@H](CO)NS(=O)(=O)CCCC)N1CCCC1C(=O)NCc1ccc(C(=N)N)cc1. The van der Waals surface area contributed by atoms with E-state index in [2.05, 4.69) is 16.6 Å². The number of nitrogens with two attached hydrogens (primary N) is 1. The van der Waals surface area contributed by atoms with Crippen molar-refractivity contribution in [3.05, 3.63) is 47.7 Å². The molecule has 0 bridgehead atoms. The standard InChI is InChI=1S/C21H33N5O4S/c1-3-4-12-31(29,30)25-18(14-27)15(2)26-11-5-6-19(26)21(28)24-13-16-7-9-17(10-8-16)20(22)23/h7-10,18-19,25,27H,2-6,11-14H2,1H3,(H3,22,23)(H,24,28)/t18-,19?/m1/s1. The van der Waals surface area contributed by atoms with Crippen molar-refractivity contribution < 1.29 is 18.3 Å². The number of aliphatic hydroxyl groups is 1. The van der Waals surface area contributed by atoms with E-state index in [0.29, 0.717) is 37.2 Å². The first-order chi connectivity index (χ1) is 14.7. The summed E-state index contributed by atoms with van der Waals surface area (Å²) in [5.41, 5.74) is 7.33. The summed E-state index contributed by atoms with van der Waals surface area (Å²) < 4.78 is 27.0. The summed E-state index contributed by atoms with van der Waals surface area (Å²) in [6, 6.07) is 5.71. The third-order valence-electron chi connectivity index (χ3n) is 5.33. The Bertz CT molecular complexity index is 886. The molecule has 1 fully saturated rings. The van der Waals surface area contributed by atoms with Gasteiger partial charge in [0.25, 0.3) is 0 Å². The van der Waals surface area contributed by atoms with Crippen molar-refractivity contribution >= 4 is 21.8 Å². The number of carbonyl (C=O) groups excluding carboxylic acids is 1. The molecule has 1 unspecified atom stereocenters. The Balaban J connectivity index is 1.98. The monoisotopic (exact) mass is 451 g/mol. The zero-order chi connectivity index (χ0) is 23.0. The summed E-state index contributed by atoms with van der Waals surface area (Å²) in [6.45, 7) is 6.34. The number of unbranched alkanes of at least 4 members (excludes halogenated alkanes) is 1. The highest BCUT2D eigenvalue weighted by atomic mass is 32.2. The molecule has 1 aliphatic rings. The Labute approximate surface area is 184 Å². The van der Waals surface area contributed by atoms with Gasteiger partial charge in [-0.15, -0.1) is 0 Å². The molecular formula is C21H33N5O4S. The highest BCUT2D eigenvalue weighted by Crippen LogP contribution is 2.24. The predicted octanol–water partition coefficient (Wildman–Crippen LogP) is 0.645. The number of hydrogen-bond donors (Lipinski definition) is 5. The van der Waals surface area contributed by atoms with Crippen LogP contribution in [0.1, 0.15) is 43.7 Å². The van der Waals surface area contributed by atoms with E-state index in [-0.39, 0.29) is 17.5 Å². The average Bonchev–Trinajstić information content (AvgIpc) is 3.24. The predicted molar refractivity (Wildman–Crippen MR) is 121 cm³/mol. The van der Waals surface area contributed by atoms with Crippen LogP contribution in [0.2, 0.25) is 0 Å². The molecular weight excluding hydrogens is 418 g/mol. The van der Waals surface area contributed by atoms with Gasteiger partial charge in [0.05, 0.1) is 18.4 Å². The number of carbonyl (C=O) groups is 1. The smallest absolute Gasteiger partial charge is 0.242 e. The van der Waals surface area contributed by atoms with E-state index in [0.717, 1.165) is 18.4 Å². The summed E-state index contributed by atoms with van der Waals surface area (Å²) in [5, 5.41) is 20.1. The molecule has 31 heavy (non-hydrogen) atoms. The highest BCUT2D eigenvalue weighted by Gasteiger charge is 2.34. The van der Waals surface area contributed by atoms with Crippen molar-refractivity contribution in [1.82, 2.24) is 14.9 Å². The number of amidine groups is 1. The summed E-state index contributed by atoms with van der Waals surface area (Å²) >= 11 is 0. The Morgan fingerprint density at radius 3 is 2.65 bits per heavy atom. The van der Waals surface area contributed by atoms with Gasteiger partial charge in [-0.2, -0.15) is 0 Å². The lowest BCUT2D eigenvalue weighted by molar-refractivity contribution is -0.125. The summed E-state index contributed by atoms with van der Waals surface area (Å²) in [4.78, 5) is 14.6. The summed E-state index contributed by atoms with van der Waals surface area (Å²) in [7, 11) is -3.55. The van der Waals surface area contributed by atoms with Gasteiger partial charge < -0.3 is 21.1 Å². The molecule has 1 aliphatic heterocycles. The number of hydrogen-bond acceptors (Lipinski definition) is 6. The van der Waals surface area contributed by atoms with E-state index in [1.165, 1.54) is 0 Å². The fourth-order valence-corrected chi connectivity index (χ4v) is 4.94. The van der Waals surface area contributed by atoms with Gasteiger partial charge in [-0.1, -0.05) is 44.2 Å². The molecule has 0 radical (unpaired) electrons. The number of nitrogens with one attached hydrogen (secondary N) is 3. The molecule has 0 spiro atoms. The van der Waals surface area contributed by atoms with E-state index < -0.39 is 28.7 Å². The molecule has 1 aromatic rings. The molecule has 0 aromatic heterocycles. The maximum atomic E-state index is 12.8. The van der Waals surface area contributed by atoms with Gasteiger partial charge in [0.1, 0.15) is 11.9 Å². The largest absolute Gasteiger partial charge is 0.394 e. The zero-order valence-corrected chi connectivity index (χ0v) is 18.7. The molecule has 172 valence electrons. The van der Waals surface area contributed by atoms with Crippen LogP contribution in [0.25, 0.3) is 0 Å². The van der Waals surface area contributed by atoms with E-state index in [1.807, 2.05) is 6.92 Å². The maximum Gasteiger partial charge on any atom is 0.242 e. The van der Waals surface area contributed by atoms with Crippen molar-refractivity contribution in [2.24, 2.45) is 5.73 Å². The second-order valence-corrected chi connectivity index (χ2v) is 9.57. The minimum atomic E-state index is -3.55. The number of likely N-dealkylation sites (tertiary alicyclic amines) is 1. The van der Waals surface area contributed by atoms with Gasteiger partial charge in [0.2, 0.25) is 15.9 Å². The van der Waals surface area contributed by atoms with Crippen molar-refractivity contribution in [3.8, 4) is 0 Å². The van der Waals surface area contributed by atoms with E-state index >= 15 is 0 Å². The van der Waals surface area contributed by atoms with Crippen LogP contribution in [0.5, 0.6) is 0 Å². The van der Waals surface area contributed by atoms with Gasteiger partial charge in [0, 0.05) is 24.4 Å². The quantitative estimate of drug-likeness (QED) is 0.233. The second kappa shape index (κ2) is 11.3. The molecule has 1 aromatic carbocycles. The van der Waals surface area contributed by atoms with Crippen LogP contribution in [0.4, 0.5) is 0 Å². The van der Waals surface area contributed by atoms with Gasteiger partial charge in [-0.3, -0.25) is 10.2 Å². The second-order valence-electron chi connectivity index (χ2n) is 7.70. The number of sulfonamides is 1. The minimum Gasteiger partial charge on any atom is -0.394 e. The zero-order valence-electron chi connectivity index (χ0n) is 17.9. The normalized spacial score (nSPS) is 17.4. The number of aliphatic hydroxyl groups excluding tert-OH is 1. The Morgan fingerprint density at radius 2 is 2.06 bits per heavy atom. The Morgan fingerprint density at radius 1 is 1.39 bits per heavy atom. The lowest BCUT2D eigenvalue weighted by Gasteiger charge is -2.32. The number of nitrogens with zero attached hydrogens (tertiary/aromatic N) is 1. The summed E-state index contributed by atoms with van der Waals surface area (Å²) in [6.07, 6.45) is 2.67. The Kier molecular flexibility index (Phi) is 9.02. The van der Waals surface area contributed by atoms with Crippen molar-refractivity contribution in [3.63, 3.8) is 0 Å². The van der Waals surface area contributed by atoms with Crippen LogP contribution >= 0.6 is 0 Å². The molecule has 6 N–H and O–H groups in total. The van der Waals surface area contributed by atoms with Crippen molar-refractivity contribution in [1.29, 1.82) is 5.41 Å². The Hall–Kier alpha value is -2.43.